The summed E-state index contributed by atoms with van der Waals surface area (Å²) in [6.07, 6.45) is 6.12. The van der Waals surface area contributed by atoms with Gasteiger partial charge >= 0.3 is 5.72 Å². The molecule has 1 amide bonds. The Kier molecular flexibility index (Phi) is 7.18. The van der Waals surface area contributed by atoms with Gasteiger partial charge in [-0.15, -0.1) is 0 Å². The van der Waals surface area contributed by atoms with Crippen molar-refractivity contribution < 1.29 is 14.3 Å². The highest BCUT2D eigenvalue weighted by Gasteiger charge is 2.71. The summed E-state index contributed by atoms with van der Waals surface area (Å²) in [6, 6.07) is -0.322. The number of rotatable bonds is 8. The number of nitrogens with two attached hydrogens (primary N) is 1. The van der Waals surface area contributed by atoms with Crippen LogP contribution in [0.25, 0.3) is 0 Å². The number of unbranched alkanes of at least 4 members (excludes halogenated alkanes) is 2. The molecule has 0 aromatic heterocycles. The molecule has 2 fully saturated rings. The molecule has 0 saturated carbocycles. The highest BCUT2D eigenvalue weighted by molar-refractivity contribution is 5.76. The van der Waals surface area contributed by atoms with Crippen molar-refractivity contribution in [2.45, 2.75) is 128 Å². The first-order chi connectivity index (χ1) is 13.4. The van der Waals surface area contributed by atoms with E-state index in [2.05, 4.69) is 51.9 Å². The second kappa shape index (κ2) is 8.60. The van der Waals surface area contributed by atoms with E-state index in [4.69, 9.17) is 10.6 Å². The molecular formula is C22H43N4O3+. The zero-order valence-electron chi connectivity index (χ0n) is 19.6. The molecule has 0 aromatic rings. The van der Waals surface area contributed by atoms with Crippen molar-refractivity contribution in [2.24, 2.45) is 5.84 Å². The van der Waals surface area contributed by atoms with E-state index in [9.17, 15) is 9.70 Å². The minimum Gasteiger partial charge on any atom is -0.301 e. The predicted molar refractivity (Wildman–Crippen MR) is 115 cm³/mol. The highest BCUT2D eigenvalue weighted by Crippen LogP contribution is 2.53. The van der Waals surface area contributed by atoms with Crippen LogP contribution in [0, 0.1) is 4.91 Å². The molecule has 2 aliphatic rings. The van der Waals surface area contributed by atoms with Crippen LogP contribution in [0.2, 0.25) is 0 Å². The van der Waals surface area contributed by atoms with Crippen molar-refractivity contribution >= 4 is 5.91 Å². The minimum absolute atomic E-state index is 0.0283. The van der Waals surface area contributed by atoms with E-state index >= 15 is 0 Å². The maximum Gasteiger partial charge on any atom is 0.324 e. The van der Waals surface area contributed by atoms with E-state index < -0.39 is 11.3 Å². The van der Waals surface area contributed by atoms with Crippen molar-refractivity contribution in [3.63, 3.8) is 0 Å². The summed E-state index contributed by atoms with van der Waals surface area (Å²) in [7, 11) is 0. The first-order valence-electron chi connectivity index (χ1n) is 11.3. The summed E-state index contributed by atoms with van der Waals surface area (Å²) in [5.74, 6) is 5.00. The Balaban J connectivity index is 2.42. The molecule has 1 spiro atoms. The van der Waals surface area contributed by atoms with E-state index in [1.807, 2.05) is 6.92 Å². The molecule has 7 heteroatoms. The summed E-state index contributed by atoms with van der Waals surface area (Å²) in [6.45, 7) is 16.3. The average Bonchev–Trinajstić information content (AvgIpc) is 2.79. The number of nitroso groups, excluding NO2 is 1. The SMILES string of the molecule is CCCCN1C(C)(C)CC2(CC1(C)C)OC(CCCC)(CC(=O)NN)[N+](=O)C2C. The second-order valence-electron chi connectivity index (χ2n) is 10.4. The summed E-state index contributed by atoms with van der Waals surface area (Å²) in [5, 5.41) is 0. The molecule has 2 atom stereocenters. The van der Waals surface area contributed by atoms with Crippen LogP contribution in [0.4, 0.5) is 0 Å². The maximum absolute atomic E-state index is 13.5. The highest BCUT2D eigenvalue weighted by atomic mass is 16.6. The van der Waals surface area contributed by atoms with Crippen LogP contribution in [0.5, 0.6) is 0 Å². The number of hydrazine groups is 1. The number of nitrogens with zero attached hydrogens (tertiary/aromatic N) is 2. The molecule has 2 heterocycles. The standard InChI is InChI=1S/C22H42N4O3/c1-8-10-12-22(14-18(27)24-23)26(28)17(3)21(29-22)15-19(4,5)25(13-11-9-2)20(6,7)16-21/h17H,8-16,23H2,1-7H3/p+1. The lowest BCUT2D eigenvalue weighted by molar-refractivity contribution is -0.660. The van der Waals surface area contributed by atoms with Crippen LogP contribution in [0.3, 0.4) is 0 Å². The third kappa shape index (κ3) is 4.52. The Morgan fingerprint density at radius 2 is 1.69 bits per heavy atom. The Morgan fingerprint density at radius 1 is 1.14 bits per heavy atom. The zero-order valence-corrected chi connectivity index (χ0v) is 19.6. The van der Waals surface area contributed by atoms with Gasteiger partial charge in [0.25, 0.3) is 0 Å². The summed E-state index contributed by atoms with van der Waals surface area (Å²) in [5.41, 5.74) is 0.248. The smallest absolute Gasteiger partial charge is 0.301 e. The first-order valence-corrected chi connectivity index (χ1v) is 11.3. The normalized spacial score (nSPS) is 30.6. The average molecular weight is 412 g/mol. The van der Waals surface area contributed by atoms with Gasteiger partial charge in [-0.2, -0.15) is 0 Å². The van der Waals surface area contributed by atoms with E-state index in [-0.39, 0.29) is 29.4 Å². The molecule has 7 nitrogen and oxygen atoms in total. The van der Waals surface area contributed by atoms with Crippen LogP contribution in [-0.2, 0) is 9.53 Å². The molecule has 2 unspecified atom stereocenters. The van der Waals surface area contributed by atoms with Crippen molar-refractivity contribution in [3.05, 3.63) is 4.91 Å². The number of ether oxygens (including phenoxy) is 1. The number of hydrogen-bond acceptors (Lipinski definition) is 5. The Morgan fingerprint density at radius 3 is 2.17 bits per heavy atom. The fourth-order valence-corrected chi connectivity index (χ4v) is 6.02. The van der Waals surface area contributed by atoms with Crippen LogP contribution in [0.1, 0.15) is 99.8 Å². The Bertz CT molecular complexity index is 601. The molecule has 2 aliphatic heterocycles. The second-order valence-corrected chi connectivity index (χ2v) is 10.4. The van der Waals surface area contributed by atoms with Crippen LogP contribution in [-0.4, -0.2) is 50.6 Å². The fraction of sp³-hybridized carbons (Fsp3) is 0.955. The topological polar surface area (TPSA) is 87.7 Å². The molecule has 29 heavy (non-hydrogen) atoms. The number of carbonyl (C=O) groups is 1. The van der Waals surface area contributed by atoms with E-state index in [1.165, 1.54) is 0 Å². The Hall–Kier alpha value is -1.05. The van der Waals surface area contributed by atoms with Gasteiger partial charge in [0.15, 0.2) is 0 Å². The van der Waals surface area contributed by atoms with Crippen LogP contribution < -0.4 is 11.3 Å². The Labute approximate surface area is 176 Å². The van der Waals surface area contributed by atoms with Gasteiger partial charge in [0.05, 0.1) is 0 Å². The van der Waals surface area contributed by atoms with Crippen molar-refractivity contribution in [1.29, 1.82) is 0 Å². The van der Waals surface area contributed by atoms with E-state index in [1.54, 1.807) is 0 Å². The van der Waals surface area contributed by atoms with E-state index in [0.29, 0.717) is 6.42 Å². The van der Waals surface area contributed by atoms with Crippen molar-refractivity contribution in [2.75, 3.05) is 6.54 Å². The molecule has 0 bridgehead atoms. The summed E-state index contributed by atoms with van der Waals surface area (Å²) in [4.78, 5) is 28.3. The van der Waals surface area contributed by atoms with Crippen molar-refractivity contribution in [3.8, 4) is 0 Å². The molecular weight excluding hydrogens is 368 g/mol. The summed E-state index contributed by atoms with van der Waals surface area (Å²) >= 11 is 0. The van der Waals surface area contributed by atoms with Gasteiger partial charge in [0, 0.05) is 46.9 Å². The van der Waals surface area contributed by atoms with Gasteiger partial charge < -0.3 is 4.74 Å². The molecule has 2 rings (SSSR count). The molecule has 2 saturated heterocycles. The molecule has 3 N–H and O–H groups in total. The zero-order chi connectivity index (χ0) is 22.1. The van der Waals surface area contributed by atoms with Gasteiger partial charge in [-0.1, -0.05) is 26.7 Å². The number of piperidine rings is 1. The third-order valence-electron chi connectivity index (χ3n) is 7.09. The number of carbonyl (C=O) groups excluding carboxylic acids is 1. The molecule has 0 aliphatic carbocycles. The van der Waals surface area contributed by atoms with Gasteiger partial charge in [-0.3, -0.25) is 15.1 Å². The quantitative estimate of drug-likeness (QED) is 0.275. The lowest BCUT2D eigenvalue weighted by Gasteiger charge is -2.58. The first kappa shape index (κ1) is 24.2. The van der Waals surface area contributed by atoms with Crippen LogP contribution in [0.15, 0.2) is 0 Å². The lowest BCUT2D eigenvalue weighted by atomic mass is 9.68. The number of hydrogen-bond donors (Lipinski definition) is 2. The molecule has 0 aromatic carbocycles. The number of nitrogens with one attached hydrogen (secondary N) is 1. The summed E-state index contributed by atoms with van der Waals surface area (Å²) < 4.78 is 7.85. The third-order valence-corrected chi connectivity index (χ3v) is 7.09. The largest absolute Gasteiger partial charge is 0.324 e. The molecule has 168 valence electrons. The van der Waals surface area contributed by atoms with Gasteiger partial charge in [-0.25, -0.2) is 5.84 Å². The fourth-order valence-electron chi connectivity index (χ4n) is 6.02. The monoisotopic (exact) mass is 411 g/mol. The lowest BCUT2D eigenvalue weighted by Crippen LogP contribution is -2.67. The number of likely N-dealkylation sites (tertiary alicyclic amines) is 1. The van der Waals surface area contributed by atoms with Crippen molar-refractivity contribution in [1.82, 2.24) is 10.3 Å². The van der Waals surface area contributed by atoms with Gasteiger partial charge in [-0.05, 0) is 47.1 Å². The predicted octanol–water partition coefficient (Wildman–Crippen LogP) is 3.64. The van der Waals surface area contributed by atoms with Gasteiger partial charge in [0.2, 0.25) is 11.9 Å². The van der Waals surface area contributed by atoms with E-state index in [0.717, 1.165) is 49.8 Å². The van der Waals surface area contributed by atoms with Gasteiger partial charge in [0.1, 0.15) is 12.0 Å². The molecule has 0 radical (unpaired) electrons. The van der Waals surface area contributed by atoms with Crippen LogP contribution >= 0.6 is 0 Å². The minimum atomic E-state index is -1.14. The maximum atomic E-state index is 13.5. The number of amides is 1.